The molecule has 2 aromatic rings. The number of benzene rings is 1. The Labute approximate surface area is 167 Å². The minimum absolute atomic E-state index is 0.580. The van der Waals surface area contributed by atoms with Crippen LogP contribution in [0, 0.1) is 0 Å². The second-order valence-corrected chi connectivity index (χ2v) is 8.33. The van der Waals surface area contributed by atoms with Crippen LogP contribution in [0.5, 0.6) is 0 Å². The maximum Gasteiger partial charge on any atom is 0.128 e. The largest absolute Gasteiger partial charge is 0.357 e. The first-order chi connectivity index (χ1) is 13.2. The third-order valence-corrected chi connectivity index (χ3v) is 6.27. The van der Waals surface area contributed by atoms with Crippen LogP contribution < -0.4 is 4.90 Å². The number of pyridine rings is 1. The molecule has 2 fully saturated rings. The Morgan fingerprint density at radius 1 is 1.00 bits per heavy atom. The van der Waals surface area contributed by atoms with Crippen molar-refractivity contribution in [1.82, 2.24) is 14.8 Å². The van der Waals surface area contributed by atoms with Crippen LogP contribution in [0.3, 0.4) is 0 Å². The molecule has 1 atom stereocenters. The third-order valence-electron chi connectivity index (χ3n) is 6.02. The first-order valence-electron chi connectivity index (χ1n) is 10.0. The van der Waals surface area contributed by atoms with E-state index in [0.717, 1.165) is 43.4 Å². The van der Waals surface area contributed by atoms with Crippen molar-refractivity contribution in [2.75, 3.05) is 44.7 Å². The van der Waals surface area contributed by atoms with Gasteiger partial charge in [-0.2, -0.15) is 0 Å². The van der Waals surface area contributed by atoms with Crippen molar-refractivity contribution >= 4 is 17.4 Å². The standard InChI is InChI=1S/C22H29ClN4/c1-25-14-15-27(21(17-25)16-18-5-7-19(23)8-6-18)20-9-12-26(13-10-20)22-4-2-3-11-24-22/h2-8,11,20-21H,9-10,12-17H2,1H3/t21-/m0/s1. The van der Waals surface area contributed by atoms with E-state index < -0.39 is 0 Å². The molecule has 2 aliphatic heterocycles. The molecule has 1 aromatic heterocycles. The van der Waals surface area contributed by atoms with Crippen molar-refractivity contribution in [2.24, 2.45) is 0 Å². The van der Waals surface area contributed by atoms with Gasteiger partial charge in [0.15, 0.2) is 0 Å². The highest BCUT2D eigenvalue weighted by atomic mass is 35.5. The second-order valence-electron chi connectivity index (χ2n) is 7.89. The van der Waals surface area contributed by atoms with Gasteiger partial charge in [0.25, 0.3) is 0 Å². The van der Waals surface area contributed by atoms with Gasteiger partial charge in [0.2, 0.25) is 0 Å². The van der Waals surface area contributed by atoms with Gasteiger partial charge in [-0.05, 0) is 56.1 Å². The number of likely N-dealkylation sites (N-methyl/N-ethyl adjacent to an activating group) is 1. The quantitative estimate of drug-likeness (QED) is 0.803. The van der Waals surface area contributed by atoms with Crippen LogP contribution in [0.4, 0.5) is 5.82 Å². The van der Waals surface area contributed by atoms with Gasteiger partial charge < -0.3 is 9.80 Å². The van der Waals surface area contributed by atoms with Gasteiger partial charge in [-0.1, -0.05) is 29.8 Å². The number of piperidine rings is 1. The maximum atomic E-state index is 6.06. The van der Waals surface area contributed by atoms with E-state index in [1.165, 1.54) is 24.9 Å². The van der Waals surface area contributed by atoms with Crippen molar-refractivity contribution in [3.8, 4) is 0 Å². The van der Waals surface area contributed by atoms with Crippen LogP contribution in [0.15, 0.2) is 48.7 Å². The van der Waals surface area contributed by atoms with E-state index in [1.54, 1.807) is 0 Å². The molecular formula is C22H29ClN4. The fraction of sp³-hybridized carbons (Fsp3) is 0.500. The summed E-state index contributed by atoms with van der Waals surface area (Å²) in [5, 5.41) is 0.818. The first-order valence-corrected chi connectivity index (χ1v) is 10.4. The monoisotopic (exact) mass is 384 g/mol. The Hall–Kier alpha value is -1.62. The van der Waals surface area contributed by atoms with E-state index in [4.69, 9.17) is 11.6 Å². The molecule has 0 N–H and O–H groups in total. The van der Waals surface area contributed by atoms with Crippen LogP contribution in [0.1, 0.15) is 18.4 Å². The fourth-order valence-electron chi connectivity index (χ4n) is 4.55. The molecule has 0 aliphatic carbocycles. The van der Waals surface area contributed by atoms with Crippen molar-refractivity contribution in [2.45, 2.75) is 31.3 Å². The van der Waals surface area contributed by atoms with E-state index in [1.807, 2.05) is 24.4 Å². The van der Waals surface area contributed by atoms with Crippen LogP contribution in [-0.2, 0) is 6.42 Å². The molecule has 3 heterocycles. The number of piperazine rings is 1. The van der Waals surface area contributed by atoms with E-state index in [0.29, 0.717) is 12.1 Å². The molecule has 0 amide bonds. The highest BCUT2D eigenvalue weighted by molar-refractivity contribution is 6.30. The minimum atomic E-state index is 0.580. The predicted octanol–water partition coefficient (Wildman–Crippen LogP) is 3.56. The molecular weight excluding hydrogens is 356 g/mol. The lowest BCUT2D eigenvalue weighted by Gasteiger charge is -2.47. The van der Waals surface area contributed by atoms with Gasteiger partial charge >= 0.3 is 0 Å². The van der Waals surface area contributed by atoms with Crippen LogP contribution in [0.2, 0.25) is 5.02 Å². The molecule has 144 valence electrons. The Bertz CT molecular complexity index is 713. The second kappa shape index (κ2) is 8.59. The van der Waals surface area contributed by atoms with Gasteiger partial charge in [0.1, 0.15) is 5.82 Å². The highest BCUT2D eigenvalue weighted by Gasteiger charge is 2.33. The lowest BCUT2D eigenvalue weighted by molar-refractivity contribution is 0.0424. The van der Waals surface area contributed by atoms with Crippen LogP contribution in [0.25, 0.3) is 0 Å². The van der Waals surface area contributed by atoms with Crippen molar-refractivity contribution < 1.29 is 0 Å². The Kier molecular flexibility index (Phi) is 5.96. The summed E-state index contributed by atoms with van der Waals surface area (Å²) in [6.45, 7) is 5.67. The Morgan fingerprint density at radius 2 is 1.78 bits per heavy atom. The molecule has 4 nitrogen and oxygen atoms in total. The average Bonchev–Trinajstić information content (AvgIpc) is 2.71. The first kappa shape index (κ1) is 18.7. The zero-order valence-corrected chi connectivity index (χ0v) is 16.9. The summed E-state index contributed by atoms with van der Waals surface area (Å²) < 4.78 is 0. The Morgan fingerprint density at radius 3 is 2.48 bits per heavy atom. The third kappa shape index (κ3) is 4.63. The van der Waals surface area contributed by atoms with Crippen molar-refractivity contribution in [3.05, 3.63) is 59.2 Å². The number of anilines is 1. The maximum absolute atomic E-state index is 6.06. The molecule has 2 aliphatic rings. The molecule has 0 bridgehead atoms. The molecule has 0 spiro atoms. The van der Waals surface area contributed by atoms with E-state index in [-0.39, 0.29) is 0 Å². The van der Waals surface area contributed by atoms with E-state index in [9.17, 15) is 0 Å². The number of rotatable bonds is 4. The number of halogens is 1. The van der Waals surface area contributed by atoms with E-state index >= 15 is 0 Å². The topological polar surface area (TPSA) is 22.6 Å². The number of nitrogens with zero attached hydrogens (tertiary/aromatic N) is 4. The van der Waals surface area contributed by atoms with Crippen molar-refractivity contribution in [1.29, 1.82) is 0 Å². The van der Waals surface area contributed by atoms with Crippen LogP contribution >= 0.6 is 11.6 Å². The molecule has 0 unspecified atom stereocenters. The summed E-state index contributed by atoms with van der Waals surface area (Å²) in [6.07, 6.45) is 5.43. The summed E-state index contributed by atoms with van der Waals surface area (Å²) in [4.78, 5) is 12.2. The minimum Gasteiger partial charge on any atom is -0.357 e. The molecule has 5 heteroatoms. The van der Waals surface area contributed by atoms with E-state index in [2.05, 4.69) is 51.0 Å². The molecule has 0 saturated carbocycles. The van der Waals surface area contributed by atoms with Gasteiger partial charge in [-0.15, -0.1) is 0 Å². The SMILES string of the molecule is CN1CCN(C2CCN(c3ccccn3)CC2)[C@@H](Cc2ccc(Cl)cc2)C1. The number of hydrogen-bond acceptors (Lipinski definition) is 4. The fourth-order valence-corrected chi connectivity index (χ4v) is 4.67. The number of aromatic nitrogens is 1. The van der Waals surface area contributed by atoms with Gasteiger partial charge in [0.05, 0.1) is 0 Å². The smallest absolute Gasteiger partial charge is 0.128 e. The van der Waals surface area contributed by atoms with Crippen molar-refractivity contribution in [3.63, 3.8) is 0 Å². The summed E-state index contributed by atoms with van der Waals surface area (Å²) in [7, 11) is 2.25. The van der Waals surface area contributed by atoms with Gasteiger partial charge in [0, 0.05) is 56.0 Å². The molecule has 4 rings (SSSR count). The summed E-state index contributed by atoms with van der Waals surface area (Å²) >= 11 is 6.06. The predicted molar refractivity (Wildman–Crippen MR) is 113 cm³/mol. The molecule has 27 heavy (non-hydrogen) atoms. The number of hydrogen-bond donors (Lipinski definition) is 0. The normalized spacial score (nSPS) is 22.9. The molecule has 1 aromatic carbocycles. The summed E-state index contributed by atoms with van der Waals surface area (Å²) in [6, 6.07) is 15.8. The zero-order valence-electron chi connectivity index (χ0n) is 16.1. The Balaban J connectivity index is 1.40. The summed E-state index contributed by atoms with van der Waals surface area (Å²) in [5.74, 6) is 1.12. The zero-order chi connectivity index (χ0) is 18.6. The van der Waals surface area contributed by atoms with Gasteiger partial charge in [-0.25, -0.2) is 4.98 Å². The lowest BCUT2D eigenvalue weighted by Crippen LogP contribution is -2.58. The van der Waals surface area contributed by atoms with Gasteiger partial charge in [-0.3, -0.25) is 4.90 Å². The average molecular weight is 385 g/mol. The molecule has 0 radical (unpaired) electrons. The highest BCUT2D eigenvalue weighted by Crippen LogP contribution is 2.25. The van der Waals surface area contributed by atoms with Crippen LogP contribution in [-0.4, -0.2) is 66.6 Å². The lowest BCUT2D eigenvalue weighted by atomic mass is 9.96. The summed E-state index contributed by atoms with van der Waals surface area (Å²) in [5.41, 5.74) is 1.38. The molecule has 2 saturated heterocycles.